The average molecular weight is 427 g/mol. The fraction of sp³-hybridized carbons (Fsp3) is 0.577. The van der Waals surface area contributed by atoms with Gasteiger partial charge in [0.2, 0.25) is 5.88 Å². The van der Waals surface area contributed by atoms with E-state index in [0.717, 1.165) is 24.1 Å². The van der Waals surface area contributed by atoms with Gasteiger partial charge < -0.3 is 9.47 Å². The van der Waals surface area contributed by atoms with Crippen LogP contribution in [0.3, 0.4) is 0 Å². The third-order valence-corrected chi connectivity index (χ3v) is 5.49. The summed E-state index contributed by atoms with van der Waals surface area (Å²) in [6.45, 7) is 7.52. The van der Waals surface area contributed by atoms with Gasteiger partial charge in [-0.1, -0.05) is 84.3 Å². The van der Waals surface area contributed by atoms with Crippen molar-refractivity contribution in [3.8, 4) is 17.1 Å². The molecule has 0 aliphatic rings. The van der Waals surface area contributed by atoms with Crippen molar-refractivity contribution in [2.75, 3.05) is 13.2 Å². The molecule has 0 fully saturated rings. The molecule has 0 spiro atoms. The van der Waals surface area contributed by atoms with Gasteiger partial charge in [-0.15, -0.1) is 0 Å². The largest absolute Gasteiger partial charge is 0.477 e. The maximum absolute atomic E-state index is 12.1. The second-order valence-corrected chi connectivity index (χ2v) is 8.25. The van der Waals surface area contributed by atoms with Gasteiger partial charge in [0.15, 0.2) is 0 Å². The summed E-state index contributed by atoms with van der Waals surface area (Å²) in [5, 5.41) is 0. The van der Waals surface area contributed by atoms with Crippen LogP contribution in [-0.2, 0) is 4.74 Å². The molecule has 31 heavy (non-hydrogen) atoms. The molecule has 0 unspecified atom stereocenters. The Kier molecular flexibility index (Phi) is 11.7. The van der Waals surface area contributed by atoms with Crippen LogP contribution in [0, 0.1) is 5.92 Å². The smallest absolute Gasteiger partial charge is 0.338 e. The second-order valence-electron chi connectivity index (χ2n) is 8.25. The highest BCUT2D eigenvalue weighted by molar-refractivity contribution is 5.90. The first kappa shape index (κ1) is 24.8. The van der Waals surface area contributed by atoms with Gasteiger partial charge in [-0.2, -0.15) is 0 Å². The highest BCUT2D eigenvalue weighted by Gasteiger charge is 2.10. The Morgan fingerprint density at radius 2 is 1.58 bits per heavy atom. The lowest BCUT2D eigenvalue weighted by atomic mass is 10.1. The molecule has 2 rings (SSSR count). The first-order chi connectivity index (χ1) is 15.1. The lowest BCUT2D eigenvalue weighted by Crippen LogP contribution is -2.11. The van der Waals surface area contributed by atoms with Gasteiger partial charge in [-0.25, -0.2) is 14.8 Å². The van der Waals surface area contributed by atoms with Gasteiger partial charge in [0.05, 0.1) is 36.9 Å². The maximum Gasteiger partial charge on any atom is 0.338 e. The molecule has 1 aromatic carbocycles. The van der Waals surface area contributed by atoms with Crippen molar-refractivity contribution in [2.24, 2.45) is 5.92 Å². The van der Waals surface area contributed by atoms with E-state index in [0.29, 0.717) is 30.6 Å². The van der Waals surface area contributed by atoms with Crippen molar-refractivity contribution in [3.05, 3.63) is 42.2 Å². The van der Waals surface area contributed by atoms with Crippen molar-refractivity contribution in [2.45, 2.75) is 78.6 Å². The Morgan fingerprint density at radius 3 is 2.19 bits per heavy atom. The zero-order chi connectivity index (χ0) is 22.3. The van der Waals surface area contributed by atoms with E-state index >= 15 is 0 Å². The highest BCUT2D eigenvalue weighted by atomic mass is 16.5. The van der Waals surface area contributed by atoms with E-state index in [4.69, 9.17) is 9.47 Å². The number of esters is 1. The Morgan fingerprint density at radius 1 is 0.903 bits per heavy atom. The molecular formula is C26H38N2O3. The summed E-state index contributed by atoms with van der Waals surface area (Å²) in [6.07, 6.45) is 14.6. The van der Waals surface area contributed by atoms with Crippen molar-refractivity contribution in [1.82, 2.24) is 9.97 Å². The van der Waals surface area contributed by atoms with E-state index in [1.54, 1.807) is 24.5 Å². The normalized spacial score (nSPS) is 11.8. The summed E-state index contributed by atoms with van der Waals surface area (Å²) in [6, 6.07) is 7.26. The lowest BCUT2D eigenvalue weighted by molar-refractivity contribution is 0.0447. The molecule has 5 nitrogen and oxygen atoms in total. The van der Waals surface area contributed by atoms with Crippen LogP contribution in [0.4, 0.5) is 0 Å². The van der Waals surface area contributed by atoms with Crippen molar-refractivity contribution in [3.63, 3.8) is 0 Å². The Hall–Kier alpha value is -2.43. The lowest BCUT2D eigenvalue weighted by Gasteiger charge is -2.10. The average Bonchev–Trinajstić information content (AvgIpc) is 2.81. The van der Waals surface area contributed by atoms with Gasteiger partial charge in [-0.05, 0) is 24.5 Å². The molecule has 170 valence electrons. The van der Waals surface area contributed by atoms with E-state index in [1.165, 1.54) is 44.9 Å². The van der Waals surface area contributed by atoms with Crippen LogP contribution < -0.4 is 4.74 Å². The number of hydrogen-bond donors (Lipinski definition) is 0. The number of ether oxygens (including phenoxy) is 2. The Bertz CT molecular complexity index is 744. The van der Waals surface area contributed by atoms with Crippen molar-refractivity contribution >= 4 is 5.97 Å². The maximum atomic E-state index is 12.1. The predicted molar refractivity (Wildman–Crippen MR) is 125 cm³/mol. The SMILES string of the molecule is CCCCCCCCCCOc1cnc(-c2ccc(C(=O)OC[C@@H](C)CC)cc2)cn1. The highest BCUT2D eigenvalue weighted by Crippen LogP contribution is 2.19. The molecule has 0 radical (unpaired) electrons. The third kappa shape index (κ3) is 9.50. The summed E-state index contributed by atoms with van der Waals surface area (Å²) in [5.41, 5.74) is 2.20. The predicted octanol–water partition coefficient (Wildman–Crippen LogP) is 6.87. The molecule has 0 bridgehead atoms. The minimum atomic E-state index is -0.289. The van der Waals surface area contributed by atoms with Crippen LogP contribution in [-0.4, -0.2) is 29.2 Å². The number of rotatable bonds is 15. The number of unbranched alkanes of at least 4 members (excludes halogenated alkanes) is 7. The second kappa shape index (κ2) is 14.6. The molecule has 5 heteroatoms. The van der Waals surface area contributed by atoms with E-state index in [-0.39, 0.29) is 5.97 Å². The Labute approximate surface area is 187 Å². The number of carbonyl (C=O) groups excluding carboxylic acids is 1. The summed E-state index contributed by atoms with van der Waals surface area (Å²) >= 11 is 0. The monoisotopic (exact) mass is 426 g/mol. The van der Waals surface area contributed by atoms with E-state index in [9.17, 15) is 4.79 Å². The fourth-order valence-corrected chi connectivity index (χ4v) is 3.15. The first-order valence-electron chi connectivity index (χ1n) is 11.9. The molecule has 1 atom stereocenters. The van der Waals surface area contributed by atoms with Gasteiger partial charge >= 0.3 is 5.97 Å². The molecular weight excluding hydrogens is 388 g/mol. The third-order valence-electron chi connectivity index (χ3n) is 5.49. The van der Waals surface area contributed by atoms with Crippen LogP contribution >= 0.6 is 0 Å². The molecule has 1 aromatic heterocycles. The zero-order valence-corrected chi connectivity index (χ0v) is 19.4. The van der Waals surface area contributed by atoms with E-state index in [1.807, 2.05) is 12.1 Å². The van der Waals surface area contributed by atoms with Gasteiger partial charge in [0.25, 0.3) is 0 Å². The molecule has 1 heterocycles. The summed E-state index contributed by atoms with van der Waals surface area (Å²) < 4.78 is 11.1. The molecule has 0 aliphatic heterocycles. The van der Waals surface area contributed by atoms with E-state index in [2.05, 4.69) is 30.7 Å². The minimum absolute atomic E-state index is 0.289. The number of aromatic nitrogens is 2. The van der Waals surface area contributed by atoms with Crippen molar-refractivity contribution in [1.29, 1.82) is 0 Å². The van der Waals surface area contributed by atoms with Gasteiger partial charge in [0, 0.05) is 5.56 Å². The molecule has 0 saturated carbocycles. The topological polar surface area (TPSA) is 61.3 Å². The first-order valence-corrected chi connectivity index (χ1v) is 11.9. The van der Waals surface area contributed by atoms with Gasteiger partial charge in [-0.3, -0.25) is 0 Å². The van der Waals surface area contributed by atoms with Crippen LogP contribution in [0.2, 0.25) is 0 Å². The summed E-state index contributed by atoms with van der Waals surface area (Å²) in [7, 11) is 0. The molecule has 2 aromatic rings. The number of nitrogens with zero attached hydrogens (tertiary/aromatic N) is 2. The zero-order valence-electron chi connectivity index (χ0n) is 19.4. The van der Waals surface area contributed by atoms with Gasteiger partial charge in [0.1, 0.15) is 0 Å². The molecule has 0 amide bonds. The molecule has 0 saturated heterocycles. The summed E-state index contributed by atoms with van der Waals surface area (Å²) in [4.78, 5) is 20.9. The summed E-state index contributed by atoms with van der Waals surface area (Å²) in [5.74, 6) is 0.634. The number of hydrogen-bond acceptors (Lipinski definition) is 5. The van der Waals surface area contributed by atoms with Crippen molar-refractivity contribution < 1.29 is 14.3 Å². The minimum Gasteiger partial charge on any atom is -0.477 e. The quantitative estimate of drug-likeness (QED) is 0.230. The van der Waals surface area contributed by atoms with Crippen LogP contribution in [0.5, 0.6) is 5.88 Å². The molecule has 0 aliphatic carbocycles. The fourth-order valence-electron chi connectivity index (χ4n) is 3.15. The van der Waals surface area contributed by atoms with Crippen LogP contribution in [0.15, 0.2) is 36.7 Å². The van der Waals surface area contributed by atoms with Crippen LogP contribution in [0.1, 0.15) is 88.9 Å². The standard InChI is InChI=1S/C26H38N2O3/c1-4-6-7-8-9-10-11-12-17-30-25-19-27-24(18-28-25)22-13-15-23(16-14-22)26(29)31-20-21(3)5-2/h13-16,18-19,21H,4-12,17,20H2,1-3H3/t21-/m0/s1. The van der Waals surface area contributed by atoms with E-state index < -0.39 is 0 Å². The molecule has 0 N–H and O–H groups in total. The Balaban J connectivity index is 1.72. The van der Waals surface area contributed by atoms with Crippen LogP contribution in [0.25, 0.3) is 11.3 Å². The number of benzene rings is 1. The number of carbonyl (C=O) groups is 1.